The molecule has 0 N–H and O–H groups in total. The van der Waals surface area contributed by atoms with Crippen molar-refractivity contribution in [3.8, 4) is 22.8 Å². The number of hydrogen-bond donors (Lipinski definition) is 0. The number of nitrogens with zero attached hydrogens (tertiary/aromatic N) is 3. The van der Waals surface area contributed by atoms with Gasteiger partial charge in [0.15, 0.2) is 0 Å². The van der Waals surface area contributed by atoms with Gasteiger partial charge in [0.05, 0.1) is 24.7 Å². The van der Waals surface area contributed by atoms with Gasteiger partial charge in [0.25, 0.3) is 0 Å². The molecule has 1 aliphatic rings. The zero-order valence-electron chi connectivity index (χ0n) is 15.0. The van der Waals surface area contributed by atoms with Crippen molar-refractivity contribution >= 4 is 23.2 Å². The van der Waals surface area contributed by atoms with E-state index in [9.17, 15) is 4.79 Å². The quantitative estimate of drug-likeness (QED) is 0.688. The summed E-state index contributed by atoms with van der Waals surface area (Å²) in [5.74, 6) is 1.24. The van der Waals surface area contributed by atoms with Crippen LogP contribution in [0.3, 0.4) is 0 Å². The van der Waals surface area contributed by atoms with E-state index in [1.807, 2.05) is 24.3 Å². The van der Waals surface area contributed by atoms with Crippen molar-refractivity contribution in [1.29, 1.82) is 0 Å². The predicted octanol–water partition coefficient (Wildman–Crippen LogP) is 3.77. The van der Waals surface area contributed by atoms with Crippen LogP contribution in [-0.4, -0.2) is 29.8 Å². The van der Waals surface area contributed by atoms with Gasteiger partial charge in [0, 0.05) is 23.2 Å². The van der Waals surface area contributed by atoms with Gasteiger partial charge in [-0.15, -0.1) is 0 Å². The van der Waals surface area contributed by atoms with Crippen molar-refractivity contribution in [2.24, 2.45) is 0 Å². The zero-order valence-corrected chi connectivity index (χ0v) is 15.7. The number of carbonyl (C=O) groups is 1. The summed E-state index contributed by atoms with van der Waals surface area (Å²) < 4.78 is 12.8. The maximum atomic E-state index is 12.9. The lowest BCUT2D eigenvalue weighted by atomic mass is 10.0. The molecule has 4 rings (SSSR count). The van der Waals surface area contributed by atoms with Crippen LogP contribution in [0.1, 0.15) is 5.56 Å². The molecule has 0 saturated carbocycles. The van der Waals surface area contributed by atoms with Crippen LogP contribution in [0.4, 0.5) is 5.69 Å². The normalized spacial score (nSPS) is 12.0. The first-order valence-corrected chi connectivity index (χ1v) is 8.83. The maximum absolute atomic E-state index is 12.9. The fourth-order valence-corrected chi connectivity index (χ4v) is 3.37. The number of amides is 1. The van der Waals surface area contributed by atoms with Gasteiger partial charge in [-0.1, -0.05) is 23.7 Å². The van der Waals surface area contributed by atoms with E-state index in [0.717, 1.165) is 22.6 Å². The second kappa shape index (κ2) is 6.96. The van der Waals surface area contributed by atoms with Gasteiger partial charge in [-0.3, -0.25) is 9.48 Å². The molecule has 0 fully saturated rings. The smallest absolute Gasteiger partial charge is 0.248 e. The Labute approximate surface area is 161 Å². The Hall–Kier alpha value is -2.99. The number of aromatic nitrogens is 2. The van der Waals surface area contributed by atoms with Crippen LogP contribution in [0.2, 0.25) is 5.02 Å². The van der Waals surface area contributed by atoms with Crippen molar-refractivity contribution < 1.29 is 14.3 Å². The van der Waals surface area contributed by atoms with Crippen molar-refractivity contribution in [3.63, 3.8) is 0 Å². The van der Waals surface area contributed by atoms with E-state index in [1.165, 1.54) is 4.90 Å². The highest BCUT2D eigenvalue weighted by Crippen LogP contribution is 2.37. The van der Waals surface area contributed by atoms with Crippen LogP contribution in [-0.2, 0) is 17.9 Å². The fourth-order valence-electron chi connectivity index (χ4n) is 3.20. The Morgan fingerprint density at radius 2 is 2.15 bits per heavy atom. The van der Waals surface area contributed by atoms with E-state index in [1.54, 1.807) is 43.2 Å². The first-order chi connectivity index (χ1) is 13.1. The van der Waals surface area contributed by atoms with Crippen LogP contribution in [0.15, 0.2) is 48.7 Å². The summed E-state index contributed by atoms with van der Waals surface area (Å²) in [6.07, 6.45) is 1.75. The summed E-state index contributed by atoms with van der Waals surface area (Å²) in [4.78, 5) is 14.5. The highest BCUT2D eigenvalue weighted by atomic mass is 35.5. The van der Waals surface area contributed by atoms with E-state index in [2.05, 4.69) is 5.10 Å². The first-order valence-electron chi connectivity index (χ1n) is 8.45. The van der Waals surface area contributed by atoms with Crippen LogP contribution in [0.25, 0.3) is 11.3 Å². The van der Waals surface area contributed by atoms with E-state index in [0.29, 0.717) is 23.1 Å². The predicted molar refractivity (Wildman–Crippen MR) is 103 cm³/mol. The number of ether oxygens (including phenoxy) is 2. The molecule has 1 amide bonds. The number of methoxy groups -OCH3 is 1. The van der Waals surface area contributed by atoms with Gasteiger partial charge >= 0.3 is 0 Å². The summed E-state index contributed by atoms with van der Waals surface area (Å²) in [5.41, 5.74) is 3.42. The SMILES string of the molecule is COc1ccc(Cl)cc1N(C)C(=O)Cn1ncc2c1-c1ccccc1OC2. The van der Waals surface area contributed by atoms with E-state index >= 15 is 0 Å². The highest BCUT2D eigenvalue weighted by Gasteiger charge is 2.24. The lowest BCUT2D eigenvalue weighted by Gasteiger charge is -2.22. The number of anilines is 1. The van der Waals surface area contributed by atoms with Gasteiger partial charge < -0.3 is 14.4 Å². The number of fused-ring (bicyclic) bond motifs is 3. The fraction of sp³-hybridized carbons (Fsp3) is 0.200. The van der Waals surface area contributed by atoms with Crippen LogP contribution in [0, 0.1) is 0 Å². The summed E-state index contributed by atoms with van der Waals surface area (Å²) in [6, 6.07) is 12.9. The van der Waals surface area contributed by atoms with E-state index in [4.69, 9.17) is 21.1 Å². The average molecular weight is 384 g/mol. The number of likely N-dealkylation sites (N-methyl/N-ethyl adjacent to an activating group) is 1. The third-order valence-corrected chi connectivity index (χ3v) is 4.84. The third-order valence-electron chi connectivity index (χ3n) is 4.60. The highest BCUT2D eigenvalue weighted by molar-refractivity contribution is 6.31. The maximum Gasteiger partial charge on any atom is 0.248 e. The van der Waals surface area contributed by atoms with Crippen molar-refractivity contribution in [2.75, 3.05) is 19.1 Å². The molecule has 0 atom stereocenters. The molecule has 0 bridgehead atoms. The Morgan fingerprint density at radius 1 is 1.33 bits per heavy atom. The number of hydrogen-bond acceptors (Lipinski definition) is 4. The molecular weight excluding hydrogens is 366 g/mol. The molecular formula is C20H18ClN3O3. The van der Waals surface area contributed by atoms with E-state index in [-0.39, 0.29) is 12.5 Å². The zero-order chi connectivity index (χ0) is 19.0. The van der Waals surface area contributed by atoms with Crippen molar-refractivity contribution in [1.82, 2.24) is 9.78 Å². The summed E-state index contributed by atoms with van der Waals surface area (Å²) in [7, 11) is 3.26. The van der Waals surface area contributed by atoms with Crippen LogP contribution >= 0.6 is 11.6 Å². The molecule has 1 aromatic heterocycles. The Balaban J connectivity index is 1.64. The minimum absolute atomic E-state index is 0.0931. The number of carbonyl (C=O) groups excluding carboxylic acids is 1. The molecule has 6 nitrogen and oxygen atoms in total. The van der Waals surface area contributed by atoms with Crippen LogP contribution in [0.5, 0.6) is 11.5 Å². The Morgan fingerprint density at radius 3 is 2.96 bits per heavy atom. The molecule has 7 heteroatoms. The number of rotatable bonds is 4. The van der Waals surface area contributed by atoms with Crippen molar-refractivity contribution in [3.05, 3.63) is 59.2 Å². The molecule has 0 radical (unpaired) electrons. The molecule has 0 aliphatic carbocycles. The molecule has 0 unspecified atom stereocenters. The molecule has 3 aromatic rings. The minimum atomic E-state index is -0.134. The standard InChI is InChI=1S/C20H18ClN3O3/c1-23(16-9-14(21)7-8-18(16)26-2)19(25)11-24-20-13(10-22-24)12-27-17-6-4-3-5-15(17)20/h3-10H,11-12H2,1-2H3. The first kappa shape index (κ1) is 17.4. The van der Waals surface area contributed by atoms with Gasteiger partial charge in [0.1, 0.15) is 24.7 Å². The number of para-hydroxylation sites is 1. The average Bonchev–Trinajstić information content (AvgIpc) is 3.10. The molecule has 27 heavy (non-hydrogen) atoms. The molecule has 1 aliphatic heterocycles. The molecule has 0 saturated heterocycles. The number of halogens is 1. The second-order valence-electron chi connectivity index (χ2n) is 6.23. The third kappa shape index (κ3) is 3.13. The lowest BCUT2D eigenvalue weighted by Crippen LogP contribution is -2.31. The molecule has 2 aromatic carbocycles. The molecule has 0 spiro atoms. The van der Waals surface area contributed by atoms with Gasteiger partial charge in [-0.05, 0) is 30.3 Å². The Kier molecular flexibility index (Phi) is 4.49. The van der Waals surface area contributed by atoms with Gasteiger partial charge in [0.2, 0.25) is 5.91 Å². The molecule has 138 valence electrons. The van der Waals surface area contributed by atoms with E-state index < -0.39 is 0 Å². The second-order valence-corrected chi connectivity index (χ2v) is 6.67. The minimum Gasteiger partial charge on any atom is -0.495 e. The Bertz CT molecular complexity index is 1020. The summed E-state index contributed by atoms with van der Waals surface area (Å²) in [6.45, 7) is 0.536. The summed E-state index contributed by atoms with van der Waals surface area (Å²) in [5, 5.41) is 4.94. The largest absolute Gasteiger partial charge is 0.495 e. The van der Waals surface area contributed by atoms with Gasteiger partial charge in [-0.2, -0.15) is 5.10 Å². The summed E-state index contributed by atoms with van der Waals surface area (Å²) >= 11 is 6.09. The number of benzene rings is 2. The topological polar surface area (TPSA) is 56.6 Å². The van der Waals surface area contributed by atoms with Crippen LogP contribution < -0.4 is 14.4 Å². The van der Waals surface area contributed by atoms with Gasteiger partial charge in [-0.25, -0.2) is 0 Å². The van der Waals surface area contributed by atoms with Crippen molar-refractivity contribution in [2.45, 2.75) is 13.2 Å². The molecule has 2 heterocycles. The lowest BCUT2D eigenvalue weighted by molar-refractivity contribution is -0.119. The monoisotopic (exact) mass is 383 g/mol.